The molecule has 0 aliphatic rings. The summed E-state index contributed by atoms with van der Waals surface area (Å²) in [5.41, 5.74) is 0. The van der Waals surface area contributed by atoms with Crippen LogP contribution in [0.4, 0.5) is 0 Å². The van der Waals surface area contributed by atoms with Gasteiger partial charge in [-0.3, -0.25) is 0 Å². The molecule has 5 heavy (non-hydrogen) atoms. The van der Waals surface area contributed by atoms with Crippen LogP contribution >= 0.6 is 0 Å². The first-order valence-electron chi connectivity index (χ1n) is 0. The molecular formula is CdGeO2Zn. The Morgan fingerprint density at radius 2 is 0.800 bits per heavy atom. The van der Waals surface area contributed by atoms with E-state index in [1.54, 1.807) is 0 Å². The van der Waals surface area contributed by atoms with Crippen molar-refractivity contribution in [2.24, 2.45) is 0 Å². The maximum absolute atomic E-state index is 0. The van der Waals surface area contributed by atoms with Crippen molar-refractivity contribution < 1.29 is 57.7 Å². The van der Waals surface area contributed by atoms with Gasteiger partial charge in [0.1, 0.15) is 0 Å². The second kappa shape index (κ2) is 37.4. The van der Waals surface area contributed by atoms with E-state index < -0.39 is 0 Å². The molecule has 0 bridgehead atoms. The Bertz CT molecular complexity index is 9.61. The van der Waals surface area contributed by atoms with Crippen molar-refractivity contribution in [3.8, 4) is 0 Å². The van der Waals surface area contributed by atoms with E-state index in [4.69, 9.17) is 0 Å². The summed E-state index contributed by atoms with van der Waals surface area (Å²) in [7, 11) is 0. The number of hydrogen-bond donors (Lipinski definition) is 0. The minimum atomic E-state index is 0. The fourth-order valence-corrected chi connectivity index (χ4v) is 0. The minimum Gasteiger partial charge on any atom is -2.00 e. The molecule has 0 unspecified atom stereocenters. The molecule has 0 aliphatic heterocycles. The quantitative estimate of drug-likeness (QED) is 0.532. The summed E-state index contributed by atoms with van der Waals surface area (Å²) in [6.07, 6.45) is 0. The molecule has 2 nitrogen and oxygen atoms in total. The van der Waals surface area contributed by atoms with Crippen LogP contribution in [-0.4, -0.2) is 17.6 Å². The monoisotopic (exact) mass is 284 g/mol. The molecule has 0 heterocycles. The standard InChI is InChI=1S/Cd.Ge.2O.Zn/q;+4;2*-2;. The van der Waals surface area contributed by atoms with E-state index in [2.05, 4.69) is 0 Å². The van der Waals surface area contributed by atoms with Gasteiger partial charge >= 0.3 is 17.6 Å². The maximum atomic E-state index is 0. The summed E-state index contributed by atoms with van der Waals surface area (Å²) < 4.78 is 0. The average Bonchev–Trinajstić information content (AvgIpc) is 0. The summed E-state index contributed by atoms with van der Waals surface area (Å²) in [4.78, 5) is 0. The van der Waals surface area contributed by atoms with Crippen LogP contribution in [0.2, 0.25) is 0 Å². The molecule has 0 fully saturated rings. The topological polar surface area (TPSA) is 57.0 Å². The van der Waals surface area contributed by atoms with Crippen LogP contribution in [0.3, 0.4) is 0 Å². The molecule has 0 atom stereocenters. The van der Waals surface area contributed by atoms with Crippen molar-refractivity contribution in [2.75, 3.05) is 0 Å². The first kappa shape index (κ1) is 62.7. The first-order valence-corrected chi connectivity index (χ1v) is 0. The zero-order valence-electron chi connectivity index (χ0n) is 2.73. The first-order chi connectivity index (χ1) is 0. The Morgan fingerprint density at radius 3 is 0.800 bits per heavy atom. The van der Waals surface area contributed by atoms with Crippen molar-refractivity contribution in [3.05, 3.63) is 0 Å². The summed E-state index contributed by atoms with van der Waals surface area (Å²) in [6.45, 7) is 0. The third kappa shape index (κ3) is 23.9. The van der Waals surface area contributed by atoms with Gasteiger partial charge in [-0.25, -0.2) is 0 Å². The van der Waals surface area contributed by atoms with Crippen LogP contribution < -0.4 is 0 Å². The molecular weight excluding hydrogens is 282 g/mol. The summed E-state index contributed by atoms with van der Waals surface area (Å²) in [6, 6.07) is 0. The molecule has 0 rings (SSSR count). The second-order valence-electron chi connectivity index (χ2n) is 0. The van der Waals surface area contributed by atoms with Gasteiger partial charge in [-0.1, -0.05) is 0 Å². The molecule has 0 aliphatic carbocycles. The second-order valence-corrected chi connectivity index (χ2v) is 0. The van der Waals surface area contributed by atoms with Crippen molar-refractivity contribution in [1.29, 1.82) is 0 Å². The number of hydrogen-bond acceptors (Lipinski definition) is 0. The van der Waals surface area contributed by atoms with Crippen LogP contribution in [0.1, 0.15) is 0 Å². The Morgan fingerprint density at radius 1 is 0.800 bits per heavy atom. The third-order valence-electron chi connectivity index (χ3n) is 0. The third-order valence-corrected chi connectivity index (χ3v) is 0. The predicted octanol–water partition coefficient (Wildman–Crippen LogP) is -0.623. The summed E-state index contributed by atoms with van der Waals surface area (Å²) >= 11 is 0. The molecule has 0 radical (unpaired) electrons. The van der Waals surface area contributed by atoms with Gasteiger partial charge in [-0.2, -0.15) is 0 Å². The van der Waals surface area contributed by atoms with E-state index in [1.807, 2.05) is 0 Å². The van der Waals surface area contributed by atoms with Crippen molar-refractivity contribution >= 4 is 17.6 Å². The van der Waals surface area contributed by atoms with Crippen LogP contribution in [-0.2, 0) is 57.7 Å². The smallest absolute Gasteiger partial charge is 2.00 e. The van der Waals surface area contributed by atoms with Gasteiger partial charge in [0.25, 0.3) is 0 Å². The average molecular weight is 282 g/mol. The molecule has 0 aromatic heterocycles. The summed E-state index contributed by atoms with van der Waals surface area (Å²) in [5.74, 6) is 0. The molecule has 0 spiro atoms. The fraction of sp³-hybridized carbons (Fsp3) is 0. The van der Waals surface area contributed by atoms with Gasteiger partial charge in [0.05, 0.1) is 0 Å². The number of rotatable bonds is 0. The van der Waals surface area contributed by atoms with E-state index in [-0.39, 0.29) is 75.3 Å². The van der Waals surface area contributed by atoms with Gasteiger partial charge in [-0.15, -0.1) is 0 Å². The molecule has 5 heteroatoms. The normalized spacial score (nSPS) is 0. The van der Waals surface area contributed by atoms with E-state index in [0.717, 1.165) is 0 Å². The largest absolute Gasteiger partial charge is 4.00 e. The van der Waals surface area contributed by atoms with Crippen molar-refractivity contribution in [3.63, 3.8) is 0 Å². The Hall–Kier alpha value is 2.01. The Labute approximate surface area is 74.6 Å². The maximum Gasteiger partial charge on any atom is 4.00 e. The SMILES string of the molecule is [Cd].[Ge+4].[O-2].[O-2].[Zn]. The molecule has 20 valence electrons. The van der Waals surface area contributed by atoms with Crippen LogP contribution in [0, 0.1) is 0 Å². The predicted molar refractivity (Wildman–Crippen MR) is 7.13 cm³/mol. The van der Waals surface area contributed by atoms with Gasteiger partial charge in [0.2, 0.25) is 0 Å². The van der Waals surface area contributed by atoms with E-state index in [0.29, 0.717) is 0 Å². The van der Waals surface area contributed by atoms with Crippen LogP contribution in [0.15, 0.2) is 0 Å². The molecule has 0 aromatic rings. The molecule has 0 amide bonds. The van der Waals surface area contributed by atoms with E-state index in [9.17, 15) is 0 Å². The van der Waals surface area contributed by atoms with E-state index >= 15 is 0 Å². The summed E-state index contributed by atoms with van der Waals surface area (Å²) in [5, 5.41) is 0. The van der Waals surface area contributed by atoms with Gasteiger partial charge in [-0.05, 0) is 0 Å². The van der Waals surface area contributed by atoms with Gasteiger partial charge < -0.3 is 11.0 Å². The molecule has 0 N–H and O–H groups in total. The Balaban J connectivity index is 0. The van der Waals surface area contributed by atoms with Crippen LogP contribution in [0.25, 0.3) is 0 Å². The molecule has 0 aromatic carbocycles. The molecule has 0 saturated carbocycles. The fourth-order valence-electron chi connectivity index (χ4n) is 0. The molecule has 0 saturated heterocycles. The Kier molecular flexibility index (Phi) is 469. The zero-order chi connectivity index (χ0) is 0. The van der Waals surface area contributed by atoms with Crippen molar-refractivity contribution in [2.45, 2.75) is 0 Å². The van der Waals surface area contributed by atoms with Crippen molar-refractivity contribution in [1.82, 2.24) is 0 Å². The zero-order valence-corrected chi connectivity index (χ0v) is 11.8. The van der Waals surface area contributed by atoms with Crippen LogP contribution in [0.5, 0.6) is 0 Å². The minimum absolute atomic E-state index is 0. The van der Waals surface area contributed by atoms with Gasteiger partial charge in [0.15, 0.2) is 0 Å². The van der Waals surface area contributed by atoms with E-state index in [1.165, 1.54) is 0 Å². The van der Waals surface area contributed by atoms with Gasteiger partial charge in [0, 0.05) is 46.8 Å².